The summed E-state index contributed by atoms with van der Waals surface area (Å²) in [6, 6.07) is 1.96. The molecule has 0 spiro atoms. The van der Waals surface area contributed by atoms with Gasteiger partial charge in [0, 0.05) is 43.9 Å². The van der Waals surface area contributed by atoms with E-state index in [2.05, 4.69) is 27.9 Å². The first-order valence-corrected chi connectivity index (χ1v) is 14.5. The number of hydrogen-bond donors (Lipinski definition) is 0. The normalized spacial score (nSPS) is 53.0. The topological polar surface area (TPSA) is 0 Å². The Morgan fingerprint density at radius 2 is 1.23 bits per heavy atom. The van der Waals surface area contributed by atoms with Crippen molar-refractivity contribution in [3.63, 3.8) is 0 Å². The summed E-state index contributed by atoms with van der Waals surface area (Å²) >= 11 is 0. The van der Waals surface area contributed by atoms with E-state index in [1.165, 1.54) is 67.2 Å². The van der Waals surface area contributed by atoms with Gasteiger partial charge in [0.2, 0.25) is 0 Å². The molecule has 6 aliphatic rings. The zero-order valence-electron chi connectivity index (χ0n) is 21.4. The maximum atomic E-state index is 2.79. The Balaban J connectivity index is 1.21. The quantitative estimate of drug-likeness (QED) is 0.456. The minimum Gasteiger partial charge on any atom is -0.324 e. The van der Waals surface area contributed by atoms with Crippen molar-refractivity contribution in [2.45, 2.75) is 109 Å². The first kappa shape index (κ1) is 21.5. The Morgan fingerprint density at radius 1 is 0.613 bits per heavy atom. The Bertz CT molecular complexity index is 689. The van der Waals surface area contributed by atoms with Gasteiger partial charge in [-0.2, -0.15) is 0 Å². The summed E-state index contributed by atoms with van der Waals surface area (Å²) in [5.41, 5.74) is 1.32. The van der Waals surface area contributed by atoms with Crippen molar-refractivity contribution >= 4 is 0 Å². The smallest absolute Gasteiger partial charge is 0.0945 e. The highest BCUT2D eigenvalue weighted by atomic mass is 15.4. The average molecular weight is 429 g/mol. The molecule has 4 saturated carbocycles. The molecule has 31 heavy (non-hydrogen) atoms. The second-order valence-corrected chi connectivity index (χ2v) is 14.5. The molecule has 0 bridgehead atoms. The predicted octanol–water partition coefficient (Wildman–Crippen LogP) is 6.25. The van der Waals surface area contributed by atoms with Crippen molar-refractivity contribution in [2.24, 2.45) is 34.5 Å². The Labute approximate surface area is 193 Å². The van der Waals surface area contributed by atoms with Crippen LogP contribution in [0.3, 0.4) is 0 Å². The first-order valence-electron chi connectivity index (χ1n) is 14.5. The summed E-state index contributed by atoms with van der Waals surface area (Å²) in [6.45, 7) is 11.5. The van der Waals surface area contributed by atoms with Crippen LogP contribution in [-0.2, 0) is 0 Å². The van der Waals surface area contributed by atoms with E-state index in [-0.39, 0.29) is 0 Å². The second-order valence-electron chi connectivity index (χ2n) is 14.5. The zero-order chi connectivity index (χ0) is 21.5. The van der Waals surface area contributed by atoms with Crippen LogP contribution in [0.2, 0.25) is 0 Å². The van der Waals surface area contributed by atoms with Gasteiger partial charge in [-0.3, -0.25) is 0 Å². The standard InChI is InChI=1S/C29H52N2/c1-28-15-13-23(30(3)17-5-6-18-30)21-22(28)9-10-24-25-11-12-27(31(4)19-7-8-20-31)29(25,2)16-14-26(24)28/h22-27H,5-21H2,1-4H3/q+2/t22-,23+,24+,25+,26+,27-,28+,29+/m1/s1. The van der Waals surface area contributed by atoms with E-state index in [1.807, 2.05) is 0 Å². The van der Waals surface area contributed by atoms with Gasteiger partial charge in [-0.15, -0.1) is 0 Å². The van der Waals surface area contributed by atoms with Gasteiger partial charge < -0.3 is 8.97 Å². The van der Waals surface area contributed by atoms with Crippen LogP contribution in [0.4, 0.5) is 0 Å². The molecule has 4 aliphatic carbocycles. The van der Waals surface area contributed by atoms with E-state index in [4.69, 9.17) is 0 Å². The van der Waals surface area contributed by atoms with Gasteiger partial charge in [0.05, 0.1) is 52.4 Å². The third-order valence-electron chi connectivity index (χ3n) is 13.4. The molecule has 2 aliphatic heterocycles. The lowest BCUT2D eigenvalue weighted by molar-refractivity contribution is -0.928. The van der Waals surface area contributed by atoms with Crippen molar-refractivity contribution < 1.29 is 8.97 Å². The SMILES string of the molecule is C[C@]12CC[C@H]([N+]3(C)CCCC3)C[C@H]1CC[C@@H]1[C@@H]2CC[C@]2(C)[C@H]([N+]3(C)CCCC3)CC[C@@H]12. The van der Waals surface area contributed by atoms with Crippen molar-refractivity contribution in [2.75, 3.05) is 40.3 Å². The lowest BCUT2D eigenvalue weighted by Crippen LogP contribution is -2.61. The maximum absolute atomic E-state index is 2.79. The van der Waals surface area contributed by atoms with Crippen molar-refractivity contribution in [3.8, 4) is 0 Å². The van der Waals surface area contributed by atoms with Gasteiger partial charge in [-0.05, 0) is 74.0 Å². The van der Waals surface area contributed by atoms with E-state index < -0.39 is 0 Å². The van der Waals surface area contributed by atoms with Gasteiger partial charge in [-0.1, -0.05) is 13.8 Å². The lowest BCUT2D eigenvalue weighted by atomic mass is 9.44. The third kappa shape index (κ3) is 3.02. The van der Waals surface area contributed by atoms with Crippen LogP contribution < -0.4 is 0 Å². The molecule has 0 N–H and O–H groups in total. The Hall–Kier alpha value is -0.0800. The molecule has 2 heterocycles. The van der Waals surface area contributed by atoms with Crippen LogP contribution in [0.1, 0.15) is 97.3 Å². The monoisotopic (exact) mass is 428 g/mol. The van der Waals surface area contributed by atoms with Crippen molar-refractivity contribution in [3.05, 3.63) is 0 Å². The van der Waals surface area contributed by atoms with Crippen LogP contribution in [0.15, 0.2) is 0 Å². The molecular formula is C29H52N2+2. The summed E-state index contributed by atoms with van der Waals surface area (Å²) in [4.78, 5) is 0. The second kappa shape index (κ2) is 7.21. The number of fused-ring (bicyclic) bond motifs is 5. The van der Waals surface area contributed by atoms with Gasteiger partial charge >= 0.3 is 0 Å². The summed E-state index contributed by atoms with van der Waals surface area (Å²) in [7, 11) is 5.25. The van der Waals surface area contributed by atoms with Gasteiger partial charge in [0.1, 0.15) is 0 Å². The van der Waals surface area contributed by atoms with E-state index in [0.29, 0.717) is 10.8 Å². The fourth-order valence-corrected chi connectivity index (χ4v) is 11.6. The molecule has 0 radical (unpaired) electrons. The summed E-state index contributed by atoms with van der Waals surface area (Å²) in [5, 5.41) is 0. The molecule has 8 atom stereocenters. The summed E-state index contributed by atoms with van der Waals surface area (Å²) in [5.74, 6) is 4.20. The molecule has 0 unspecified atom stereocenters. The maximum Gasteiger partial charge on any atom is 0.0945 e. The van der Waals surface area contributed by atoms with E-state index in [0.717, 1.165) is 35.8 Å². The molecule has 6 rings (SSSR count). The molecule has 0 aromatic carbocycles. The van der Waals surface area contributed by atoms with Crippen LogP contribution in [0, 0.1) is 34.5 Å². The van der Waals surface area contributed by atoms with E-state index in [9.17, 15) is 0 Å². The summed E-state index contributed by atoms with van der Waals surface area (Å²) in [6.07, 6.45) is 20.0. The predicted molar refractivity (Wildman–Crippen MR) is 130 cm³/mol. The van der Waals surface area contributed by atoms with E-state index >= 15 is 0 Å². The first-order chi connectivity index (χ1) is 14.8. The third-order valence-corrected chi connectivity index (χ3v) is 13.4. The largest absolute Gasteiger partial charge is 0.324 e. The highest BCUT2D eigenvalue weighted by Crippen LogP contribution is 2.67. The minimum absolute atomic E-state index is 0.648. The zero-order valence-corrected chi connectivity index (χ0v) is 21.4. The number of nitrogens with zero attached hydrogens (tertiary/aromatic N) is 2. The van der Waals surface area contributed by atoms with Crippen molar-refractivity contribution in [1.29, 1.82) is 0 Å². The van der Waals surface area contributed by atoms with Crippen LogP contribution >= 0.6 is 0 Å². The highest BCUT2D eigenvalue weighted by Gasteiger charge is 2.64. The highest BCUT2D eigenvalue weighted by molar-refractivity contribution is 5.10. The number of quaternary nitrogens is 2. The molecule has 0 amide bonds. The number of hydrogen-bond acceptors (Lipinski definition) is 0. The Morgan fingerprint density at radius 3 is 1.94 bits per heavy atom. The van der Waals surface area contributed by atoms with E-state index in [1.54, 1.807) is 51.4 Å². The van der Waals surface area contributed by atoms with Crippen molar-refractivity contribution in [1.82, 2.24) is 0 Å². The summed E-state index contributed by atoms with van der Waals surface area (Å²) < 4.78 is 2.86. The Kier molecular flexibility index (Phi) is 4.99. The van der Waals surface area contributed by atoms with Gasteiger partial charge in [0.25, 0.3) is 0 Å². The molecule has 6 fully saturated rings. The van der Waals surface area contributed by atoms with Gasteiger partial charge in [-0.25, -0.2) is 0 Å². The molecule has 176 valence electrons. The average Bonchev–Trinajstić information content (AvgIpc) is 3.46. The fraction of sp³-hybridized carbons (Fsp3) is 1.00. The number of likely N-dealkylation sites (tertiary alicyclic amines) is 2. The number of rotatable bonds is 2. The molecule has 2 saturated heterocycles. The molecule has 2 nitrogen and oxygen atoms in total. The fourth-order valence-electron chi connectivity index (χ4n) is 11.6. The van der Waals surface area contributed by atoms with Crippen LogP contribution in [0.25, 0.3) is 0 Å². The van der Waals surface area contributed by atoms with Crippen LogP contribution in [0.5, 0.6) is 0 Å². The minimum atomic E-state index is 0.648. The molecule has 0 aromatic heterocycles. The molecule has 0 aromatic rings. The molecule has 2 heteroatoms. The van der Waals surface area contributed by atoms with Crippen LogP contribution in [-0.4, -0.2) is 61.3 Å². The lowest BCUT2D eigenvalue weighted by Gasteiger charge is -2.62. The molecular weight excluding hydrogens is 376 g/mol. The van der Waals surface area contributed by atoms with Gasteiger partial charge in [0.15, 0.2) is 0 Å².